The maximum atomic E-state index is 13.2. The van der Waals surface area contributed by atoms with E-state index in [1.165, 1.54) is 10.5 Å². The third-order valence-electron chi connectivity index (χ3n) is 7.03. The maximum absolute atomic E-state index is 13.2. The molecule has 6 rings (SSSR count). The van der Waals surface area contributed by atoms with Gasteiger partial charge in [-0.15, -0.1) is 0 Å². The molecule has 3 atom stereocenters. The summed E-state index contributed by atoms with van der Waals surface area (Å²) in [4.78, 5) is 31.2. The summed E-state index contributed by atoms with van der Waals surface area (Å²) in [7, 11) is 1.68. The van der Waals surface area contributed by atoms with Gasteiger partial charge in [0.2, 0.25) is 5.91 Å². The number of fused-ring (bicyclic) bond motifs is 2. The molecule has 5 heterocycles. The predicted octanol–water partition coefficient (Wildman–Crippen LogP) is 1.54. The first-order chi connectivity index (χ1) is 13.7. The highest BCUT2D eigenvalue weighted by Crippen LogP contribution is 2.46. The SMILES string of the molecule is COc1ccc(C2CN(C(=O)CN3CCOC3=O)C3C4CCN(CC4)C23)cc1. The van der Waals surface area contributed by atoms with Gasteiger partial charge in [0.15, 0.2) is 0 Å². The normalized spacial score (nSPS) is 33.8. The molecule has 7 nitrogen and oxygen atoms in total. The van der Waals surface area contributed by atoms with Crippen LogP contribution in [0.4, 0.5) is 4.79 Å². The fourth-order valence-corrected chi connectivity index (χ4v) is 5.67. The summed E-state index contributed by atoms with van der Waals surface area (Å²) in [6.45, 7) is 3.98. The van der Waals surface area contributed by atoms with Crippen molar-refractivity contribution in [2.45, 2.75) is 30.8 Å². The number of methoxy groups -OCH3 is 1. The molecule has 5 aliphatic heterocycles. The van der Waals surface area contributed by atoms with Crippen molar-refractivity contribution in [2.75, 3.05) is 46.4 Å². The zero-order chi connectivity index (χ0) is 19.3. The Hall–Kier alpha value is -2.28. The first kappa shape index (κ1) is 17.8. The monoisotopic (exact) mass is 385 g/mol. The number of carbonyl (C=O) groups excluding carboxylic acids is 2. The van der Waals surface area contributed by atoms with Crippen molar-refractivity contribution in [3.05, 3.63) is 29.8 Å². The highest BCUT2D eigenvalue weighted by molar-refractivity contribution is 5.83. The second-order valence-corrected chi connectivity index (χ2v) is 8.32. The second-order valence-electron chi connectivity index (χ2n) is 8.32. The molecule has 5 aliphatic rings. The third-order valence-corrected chi connectivity index (χ3v) is 7.03. The van der Waals surface area contributed by atoms with Gasteiger partial charge in [-0.2, -0.15) is 0 Å². The number of amides is 2. The standard InChI is InChI=1S/C21H27N3O4/c1-27-16-4-2-14(3-5-16)17-12-24(18(25)13-23-10-11-28-21(23)26)19-15-6-8-22(9-7-15)20(17)19/h2-5,15,17,19-20H,6-13H2,1H3. The first-order valence-electron chi connectivity index (χ1n) is 10.2. The van der Waals surface area contributed by atoms with Gasteiger partial charge < -0.3 is 14.4 Å². The van der Waals surface area contributed by atoms with Crippen molar-refractivity contribution in [3.63, 3.8) is 0 Å². The Morgan fingerprint density at radius 3 is 2.54 bits per heavy atom. The quantitative estimate of drug-likeness (QED) is 0.787. The molecule has 0 saturated carbocycles. The summed E-state index contributed by atoms with van der Waals surface area (Å²) in [6.07, 6.45) is 1.95. The van der Waals surface area contributed by atoms with E-state index < -0.39 is 0 Å². The zero-order valence-electron chi connectivity index (χ0n) is 16.3. The number of carbonyl (C=O) groups is 2. The Kier molecular flexibility index (Phi) is 4.42. The highest BCUT2D eigenvalue weighted by Gasteiger charge is 2.54. The summed E-state index contributed by atoms with van der Waals surface area (Å²) >= 11 is 0. The molecule has 1 aromatic carbocycles. The lowest BCUT2D eigenvalue weighted by Gasteiger charge is -2.51. The summed E-state index contributed by atoms with van der Waals surface area (Å²) < 4.78 is 10.3. The molecule has 28 heavy (non-hydrogen) atoms. The van der Waals surface area contributed by atoms with Crippen LogP contribution >= 0.6 is 0 Å². The number of nitrogens with zero attached hydrogens (tertiary/aromatic N) is 3. The Balaban J connectivity index is 1.41. The van der Waals surface area contributed by atoms with Gasteiger partial charge >= 0.3 is 6.09 Å². The van der Waals surface area contributed by atoms with E-state index in [0.29, 0.717) is 31.0 Å². The fourth-order valence-electron chi connectivity index (χ4n) is 5.67. The van der Waals surface area contributed by atoms with Crippen molar-refractivity contribution in [1.29, 1.82) is 0 Å². The van der Waals surface area contributed by atoms with E-state index in [1.807, 2.05) is 12.1 Å². The number of piperidine rings is 3. The molecule has 7 heteroatoms. The van der Waals surface area contributed by atoms with Crippen LogP contribution in [0.3, 0.4) is 0 Å². The van der Waals surface area contributed by atoms with Gasteiger partial charge in [-0.25, -0.2) is 4.79 Å². The molecule has 2 amide bonds. The lowest BCUT2D eigenvalue weighted by molar-refractivity contribution is -0.136. The molecule has 0 aliphatic carbocycles. The van der Waals surface area contributed by atoms with Crippen LogP contribution in [0.25, 0.3) is 0 Å². The number of hydrogen-bond acceptors (Lipinski definition) is 5. The van der Waals surface area contributed by atoms with Gasteiger partial charge in [-0.3, -0.25) is 14.6 Å². The average Bonchev–Trinajstić information content (AvgIpc) is 3.34. The van der Waals surface area contributed by atoms with E-state index in [-0.39, 0.29) is 24.6 Å². The van der Waals surface area contributed by atoms with E-state index in [1.54, 1.807) is 7.11 Å². The third kappa shape index (κ3) is 2.83. The molecule has 5 saturated heterocycles. The van der Waals surface area contributed by atoms with Crippen molar-refractivity contribution >= 4 is 12.0 Å². The number of hydrogen-bond donors (Lipinski definition) is 0. The Morgan fingerprint density at radius 1 is 1.14 bits per heavy atom. The van der Waals surface area contributed by atoms with Crippen molar-refractivity contribution in [2.24, 2.45) is 5.92 Å². The fraction of sp³-hybridized carbons (Fsp3) is 0.619. The van der Waals surface area contributed by atoms with Crippen LogP contribution in [0.15, 0.2) is 24.3 Å². The van der Waals surface area contributed by atoms with E-state index in [0.717, 1.165) is 38.2 Å². The van der Waals surface area contributed by atoms with Gasteiger partial charge in [-0.05, 0) is 49.5 Å². The molecule has 0 N–H and O–H groups in total. The van der Waals surface area contributed by atoms with Crippen molar-refractivity contribution in [1.82, 2.24) is 14.7 Å². The van der Waals surface area contributed by atoms with E-state index in [2.05, 4.69) is 21.9 Å². The largest absolute Gasteiger partial charge is 0.497 e. The molecule has 150 valence electrons. The van der Waals surface area contributed by atoms with Crippen LogP contribution in [-0.4, -0.2) is 85.2 Å². The number of cyclic esters (lactones) is 1. The number of ether oxygens (including phenoxy) is 2. The number of rotatable bonds is 4. The molecule has 3 unspecified atom stereocenters. The van der Waals surface area contributed by atoms with Crippen LogP contribution in [0.2, 0.25) is 0 Å². The van der Waals surface area contributed by atoms with E-state index in [4.69, 9.17) is 9.47 Å². The van der Waals surface area contributed by atoms with Crippen molar-refractivity contribution < 1.29 is 19.1 Å². The number of benzene rings is 1. The van der Waals surface area contributed by atoms with Gasteiger partial charge in [0.25, 0.3) is 0 Å². The lowest BCUT2D eigenvalue weighted by Crippen LogP contribution is -2.61. The topological polar surface area (TPSA) is 62.3 Å². The molecule has 5 fully saturated rings. The first-order valence-corrected chi connectivity index (χ1v) is 10.2. The maximum Gasteiger partial charge on any atom is 0.410 e. The van der Waals surface area contributed by atoms with Crippen LogP contribution < -0.4 is 4.74 Å². The van der Waals surface area contributed by atoms with Gasteiger partial charge in [0.05, 0.1) is 19.7 Å². The summed E-state index contributed by atoms with van der Waals surface area (Å²) in [5.41, 5.74) is 1.26. The van der Waals surface area contributed by atoms with Crippen LogP contribution in [-0.2, 0) is 9.53 Å². The minimum atomic E-state index is -0.371. The van der Waals surface area contributed by atoms with E-state index >= 15 is 0 Å². The minimum absolute atomic E-state index is 0.0543. The molecule has 0 aromatic heterocycles. The molecule has 1 aromatic rings. The minimum Gasteiger partial charge on any atom is -0.497 e. The summed E-state index contributed by atoms with van der Waals surface area (Å²) in [5.74, 6) is 1.77. The van der Waals surface area contributed by atoms with Gasteiger partial charge in [0, 0.05) is 18.5 Å². The highest BCUT2D eigenvalue weighted by atomic mass is 16.6. The molecule has 0 spiro atoms. The second kappa shape index (κ2) is 6.95. The molecular weight excluding hydrogens is 358 g/mol. The Bertz CT molecular complexity index is 759. The van der Waals surface area contributed by atoms with Gasteiger partial charge in [-0.1, -0.05) is 12.1 Å². The zero-order valence-corrected chi connectivity index (χ0v) is 16.3. The summed E-state index contributed by atoms with van der Waals surface area (Å²) in [6, 6.07) is 8.90. The molecular formula is C21H27N3O4. The lowest BCUT2D eigenvalue weighted by atomic mass is 9.75. The van der Waals surface area contributed by atoms with Crippen LogP contribution in [0, 0.1) is 5.92 Å². The Labute approximate surface area is 165 Å². The van der Waals surface area contributed by atoms with Crippen LogP contribution in [0.5, 0.6) is 5.75 Å². The van der Waals surface area contributed by atoms with E-state index in [9.17, 15) is 9.59 Å². The predicted molar refractivity (Wildman–Crippen MR) is 102 cm³/mol. The average molecular weight is 385 g/mol. The van der Waals surface area contributed by atoms with Crippen molar-refractivity contribution in [3.8, 4) is 5.75 Å². The smallest absolute Gasteiger partial charge is 0.410 e. The van der Waals surface area contributed by atoms with Gasteiger partial charge in [0.1, 0.15) is 18.9 Å². The van der Waals surface area contributed by atoms with Crippen LogP contribution in [0.1, 0.15) is 24.3 Å². The number of likely N-dealkylation sites (tertiary alicyclic amines) is 1. The summed E-state index contributed by atoms with van der Waals surface area (Å²) in [5, 5.41) is 0. The molecule has 2 bridgehead atoms. The molecule has 0 radical (unpaired) electrons. The Morgan fingerprint density at radius 2 is 1.89 bits per heavy atom.